The van der Waals surface area contributed by atoms with E-state index in [2.05, 4.69) is 10.6 Å². The molecule has 2 aromatic rings. The van der Waals surface area contributed by atoms with E-state index in [1.807, 2.05) is 63.2 Å². The minimum Gasteiger partial charge on any atom is -0.394 e. The number of carbonyl (C=O) groups is 3. The average Bonchev–Trinajstić information content (AvgIpc) is 2.80. The van der Waals surface area contributed by atoms with Crippen LogP contribution >= 0.6 is 0 Å². The van der Waals surface area contributed by atoms with Crippen LogP contribution in [0.1, 0.15) is 26.3 Å². The third kappa shape index (κ3) is 6.98. The smallest absolute Gasteiger partial charge is 0.273 e. The third-order valence-electron chi connectivity index (χ3n) is 5.39. The topological polar surface area (TPSA) is 137 Å². The van der Waals surface area contributed by atoms with Crippen molar-refractivity contribution in [2.24, 2.45) is 11.3 Å². The molecule has 0 unspecified atom stereocenters. The normalized spacial score (nSPS) is 14.2. The van der Waals surface area contributed by atoms with E-state index in [4.69, 9.17) is 4.74 Å². The number of hydrogen-bond acceptors (Lipinski definition) is 6. The molecule has 0 saturated carbocycles. The molecule has 2 rings (SSSR count). The molecule has 0 aliphatic carbocycles. The molecule has 0 radical (unpaired) electrons. The summed E-state index contributed by atoms with van der Waals surface area (Å²) in [4.78, 5) is 38.3. The van der Waals surface area contributed by atoms with Gasteiger partial charge in [-0.15, -0.1) is 0 Å². The van der Waals surface area contributed by atoms with Gasteiger partial charge in [0.2, 0.25) is 11.8 Å². The monoisotopic (exact) mass is 459 g/mol. The molecule has 180 valence electrons. The molecule has 0 aliphatic rings. The van der Waals surface area contributed by atoms with Crippen LogP contribution in [0, 0.1) is 11.3 Å². The molecule has 3 amide bonds. The number of fused-ring (bicyclic) bond motifs is 1. The van der Waals surface area contributed by atoms with Gasteiger partial charge in [0, 0.05) is 7.05 Å². The van der Waals surface area contributed by atoms with Crippen LogP contribution in [0.4, 0.5) is 0 Å². The van der Waals surface area contributed by atoms with Crippen molar-refractivity contribution < 1.29 is 29.4 Å². The maximum atomic E-state index is 13.4. The summed E-state index contributed by atoms with van der Waals surface area (Å²) in [7, 11) is 1.48. The van der Waals surface area contributed by atoms with Crippen molar-refractivity contribution in [3.05, 3.63) is 48.0 Å². The van der Waals surface area contributed by atoms with Crippen LogP contribution in [-0.2, 0) is 25.5 Å². The number of likely N-dealkylation sites (N-methyl/N-ethyl adjacent to an activating group) is 1. The highest BCUT2D eigenvalue weighted by Gasteiger charge is 2.39. The van der Waals surface area contributed by atoms with Gasteiger partial charge in [0.25, 0.3) is 5.91 Å². The zero-order valence-electron chi connectivity index (χ0n) is 19.4. The van der Waals surface area contributed by atoms with Gasteiger partial charge in [-0.2, -0.15) is 0 Å². The fraction of sp³-hybridized carbons (Fsp3) is 0.458. The van der Waals surface area contributed by atoms with E-state index in [0.29, 0.717) is 0 Å². The number of hydrogen-bond donors (Lipinski definition) is 5. The fourth-order valence-electron chi connectivity index (χ4n) is 3.64. The predicted molar refractivity (Wildman–Crippen MR) is 123 cm³/mol. The van der Waals surface area contributed by atoms with E-state index in [1.54, 1.807) is 0 Å². The molecule has 0 heterocycles. The number of rotatable bonds is 10. The zero-order chi connectivity index (χ0) is 24.6. The fourth-order valence-corrected chi connectivity index (χ4v) is 3.64. The molecule has 2 aromatic carbocycles. The molecule has 9 nitrogen and oxygen atoms in total. The minimum atomic E-state index is -1.39. The summed E-state index contributed by atoms with van der Waals surface area (Å²) in [6.07, 6.45) is -1.29. The summed E-state index contributed by atoms with van der Waals surface area (Å²) in [6.45, 7) is 4.85. The molecule has 0 saturated heterocycles. The van der Waals surface area contributed by atoms with Crippen LogP contribution < -0.4 is 16.1 Å². The Morgan fingerprint density at radius 2 is 1.67 bits per heavy atom. The number of ether oxygens (including phenoxy) is 1. The second kappa shape index (κ2) is 11.7. The van der Waals surface area contributed by atoms with Crippen LogP contribution in [0.2, 0.25) is 0 Å². The Hall–Kier alpha value is -3.01. The van der Waals surface area contributed by atoms with Gasteiger partial charge in [0.05, 0.1) is 19.1 Å². The van der Waals surface area contributed by atoms with Crippen molar-refractivity contribution in [1.82, 2.24) is 16.1 Å². The summed E-state index contributed by atoms with van der Waals surface area (Å²) in [5, 5.41) is 25.7. The summed E-state index contributed by atoms with van der Waals surface area (Å²) in [5.74, 6) is -2.96. The molecule has 0 bridgehead atoms. The van der Waals surface area contributed by atoms with Crippen LogP contribution in [0.15, 0.2) is 42.5 Å². The van der Waals surface area contributed by atoms with Gasteiger partial charge in [-0.1, -0.05) is 63.2 Å². The van der Waals surface area contributed by atoms with E-state index in [1.165, 1.54) is 12.5 Å². The Kier molecular flexibility index (Phi) is 9.33. The van der Waals surface area contributed by atoms with Crippen LogP contribution in [0.3, 0.4) is 0 Å². The predicted octanol–water partition coefficient (Wildman–Crippen LogP) is 1.16. The number of hydroxylamine groups is 1. The number of nitrogens with one attached hydrogen (secondary N) is 3. The molecule has 9 heteroatoms. The van der Waals surface area contributed by atoms with Gasteiger partial charge < -0.3 is 20.5 Å². The molecule has 5 N–H and O–H groups in total. The molecule has 0 fully saturated rings. The van der Waals surface area contributed by atoms with Gasteiger partial charge in [0.1, 0.15) is 12.1 Å². The molecular formula is C24H33N3O6. The number of aliphatic hydroxyl groups is 1. The number of carbonyl (C=O) groups excluding carboxylic acids is 3. The van der Waals surface area contributed by atoms with Crippen LogP contribution in [0.5, 0.6) is 0 Å². The van der Waals surface area contributed by atoms with E-state index in [9.17, 15) is 24.7 Å². The van der Waals surface area contributed by atoms with Crippen molar-refractivity contribution in [2.45, 2.75) is 39.3 Å². The summed E-state index contributed by atoms with van der Waals surface area (Å²) >= 11 is 0. The van der Waals surface area contributed by atoms with Gasteiger partial charge >= 0.3 is 0 Å². The zero-order valence-corrected chi connectivity index (χ0v) is 19.4. The van der Waals surface area contributed by atoms with Gasteiger partial charge in [0.15, 0.2) is 0 Å². The Morgan fingerprint density at radius 3 is 2.24 bits per heavy atom. The first kappa shape index (κ1) is 26.2. The highest BCUT2D eigenvalue weighted by atomic mass is 16.5. The molecule has 33 heavy (non-hydrogen) atoms. The first-order chi connectivity index (χ1) is 15.6. The van der Waals surface area contributed by atoms with Crippen LogP contribution in [-0.4, -0.2) is 60.4 Å². The van der Waals surface area contributed by atoms with Crippen molar-refractivity contribution in [2.75, 3.05) is 20.3 Å². The lowest BCUT2D eigenvalue weighted by molar-refractivity contribution is -0.152. The van der Waals surface area contributed by atoms with E-state index in [-0.39, 0.29) is 25.5 Å². The Balaban J connectivity index is 2.43. The standard InChI is InChI=1S/C24H33N3O6/c1-24(2,3)20(23(31)25-4)26-21(29)18(19(22(30)27-32)33-12-11-28)14-15-9-10-16-7-5-6-8-17(16)13-15/h5-10,13,18-20,28,32H,11-12,14H2,1-4H3,(H,25,31)(H,26,29)(H,27,30)/t18-,19+,20-/m1/s1. The van der Waals surface area contributed by atoms with Gasteiger partial charge in [-0.25, -0.2) is 5.48 Å². The second-order valence-electron chi connectivity index (χ2n) is 8.91. The highest BCUT2D eigenvalue weighted by molar-refractivity contribution is 5.93. The van der Waals surface area contributed by atoms with Crippen LogP contribution in [0.25, 0.3) is 10.8 Å². The molecule has 3 atom stereocenters. The summed E-state index contributed by atoms with van der Waals surface area (Å²) in [6, 6.07) is 12.5. The Morgan fingerprint density at radius 1 is 1.00 bits per heavy atom. The van der Waals surface area contributed by atoms with Gasteiger partial charge in [-0.3, -0.25) is 19.6 Å². The quantitative estimate of drug-likeness (QED) is 0.267. The Labute approximate surface area is 193 Å². The lowest BCUT2D eigenvalue weighted by Gasteiger charge is -2.32. The number of aliphatic hydroxyl groups excluding tert-OH is 1. The third-order valence-corrected chi connectivity index (χ3v) is 5.39. The number of amides is 3. The average molecular weight is 460 g/mol. The first-order valence-electron chi connectivity index (χ1n) is 10.8. The minimum absolute atomic E-state index is 0.102. The van der Waals surface area contributed by atoms with Crippen molar-refractivity contribution in [3.63, 3.8) is 0 Å². The molecule has 0 aromatic heterocycles. The highest BCUT2D eigenvalue weighted by Crippen LogP contribution is 2.24. The lowest BCUT2D eigenvalue weighted by atomic mass is 9.84. The molecule has 0 aliphatic heterocycles. The SMILES string of the molecule is CNC(=O)[C@@H](NC(=O)[C@H](Cc1ccc2ccccc2c1)[C@H](OCCO)C(=O)NO)C(C)(C)C. The van der Waals surface area contributed by atoms with E-state index >= 15 is 0 Å². The second-order valence-corrected chi connectivity index (χ2v) is 8.91. The maximum Gasteiger partial charge on any atom is 0.273 e. The summed E-state index contributed by atoms with van der Waals surface area (Å²) < 4.78 is 5.46. The summed E-state index contributed by atoms with van der Waals surface area (Å²) in [5.41, 5.74) is 1.70. The largest absolute Gasteiger partial charge is 0.394 e. The first-order valence-corrected chi connectivity index (χ1v) is 10.8. The molecular weight excluding hydrogens is 426 g/mol. The van der Waals surface area contributed by atoms with E-state index < -0.39 is 35.3 Å². The lowest BCUT2D eigenvalue weighted by Crippen LogP contribution is -2.56. The molecule has 0 spiro atoms. The van der Waals surface area contributed by atoms with Crippen molar-refractivity contribution in [1.29, 1.82) is 0 Å². The van der Waals surface area contributed by atoms with Crippen molar-refractivity contribution in [3.8, 4) is 0 Å². The van der Waals surface area contributed by atoms with E-state index in [0.717, 1.165) is 16.3 Å². The van der Waals surface area contributed by atoms with Gasteiger partial charge in [-0.05, 0) is 28.2 Å². The number of benzene rings is 2. The Bertz CT molecular complexity index is 972. The van der Waals surface area contributed by atoms with Crippen molar-refractivity contribution >= 4 is 28.5 Å². The maximum absolute atomic E-state index is 13.4.